The molecule has 0 spiro atoms. The highest BCUT2D eigenvalue weighted by atomic mass is 79.9. The van der Waals surface area contributed by atoms with Gasteiger partial charge in [-0.2, -0.15) is 0 Å². The Morgan fingerprint density at radius 3 is 2.61 bits per heavy atom. The Labute approximate surface area is 169 Å². The Hall–Kier alpha value is -2.29. The predicted octanol–water partition coefficient (Wildman–Crippen LogP) is 4.75. The van der Waals surface area contributed by atoms with E-state index in [0.717, 1.165) is 11.6 Å². The number of aromatic nitrogens is 1. The lowest BCUT2D eigenvalue weighted by molar-refractivity contribution is -0.274. The Morgan fingerprint density at radius 2 is 2.00 bits per heavy atom. The van der Waals surface area contributed by atoms with Gasteiger partial charge in [0, 0.05) is 25.2 Å². The number of alkyl halides is 3. The number of benzene rings is 1. The first kappa shape index (κ1) is 22.0. The zero-order chi connectivity index (χ0) is 20.7. The van der Waals surface area contributed by atoms with Gasteiger partial charge in [0.25, 0.3) is 5.91 Å². The number of nitrogens with zero attached hydrogens (tertiary/aromatic N) is 1. The Kier molecular flexibility index (Phi) is 7.68. The molecule has 2 aromatic rings. The molecule has 1 aromatic heterocycles. The van der Waals surface area contributed by atoms with Crippen LogP contribution in [0.1, 0.15) is 29.9 Å². The van der Waals surface area contributed by atoms with Gasteiger partial charge in [0.05, 0.1) is 11.1 Å². The number of hydrogen-bond donors (Lipinski definition) is 1. The van der Waals surface area contributed by atoms with Gasteiger partial charge in [-0.3, -0.25) is 9.78 Å². The molecule has 28 heavy (non-hydrogen) atoms. The minimum absolute atomic E-state index is 0.174. The molecule has 0 atom stereocenters. The van der Waals surface area contributed by atoms with E-state index in [1.54, 1.807) is 18.3 Å². The molecule has 0 aliphatic rings. The maximum absolute atomic E-state index is 12.4. The van der Waals surface area contributed by atoms with Gasteiger partial charge in [0.1, 0.15) is 17.2 Å². The molecule has 0 unspecified atom stereocenters. The van der Waals surface area contributed by atoms with Crippen LogP contribution in [-0.4, -0.2) is 30.4 Å². The number of hydrogen-bond acceptors (Lipinski definition) is 4. The van der Waals surface area contributed by atoms with Gasteiger partial charge in [-0.1, -0.05) is 19.9 Å². The van der Waals surface area contributed by atoms with E-state index in [1.807, 2.05) is 13.8 Å². The first-order chi connectivity index (χ1) is 13.1. The summed E-state index contributed by atoms with van der Waals surface area (Å²) < 4.78 is 46.7. The molecule has 152 valence electrons. The summed E-state index contributed by atoms with van der Waals surface area (Å²) >= 11 is 3.00. The number of carbonyl (C=O) groups is 1. The molecular formula is C19H20BrF3N2O3. The zero-order valence-corrected chi connectivity index (χ0v) is 16.9. The minimum Gasteiger partial charge on any atom is -0.493 e. The lowest BCUT2D eigenvalue weighted by Crippen LogP contribution is -2.28. The van der Waals surface area contributed by atoms with Crippen LogP contribution < -0.4 is 14.8 Å². The number of carbonyl (C=O) groups excluding carboxylic acids is 1. The average Bonchev–Trinajstić information content (AvgIpc) is 2.61. The second-order valence-corrected chi connectivity index (χ2v) is 7.25. The SMILES string of the molecule is CC(C)CNC(=O)c1ccc(CCOc2ccc(Br)c(OC(F)(F)F)c2)cn1. The highest BCUT2D eigenvalue weighted by molar-refractivity contribution is 9.10. The van der Waals surface area contributed by atoms with Crippen LogP contribution in [0.25, 0.3) is 0 Å². The van der Waals surface area contributed by atoms with Crippen LogP contribution in [0.4, 0.5) is 13.2 Å². The van der Waals surface area contributed by atoms with Gasteiger partial charge in [0.15, 0.2) is 0 Å². The summed E-state index contributed by atoms with van der Waals surface area (Å²) in [6.45, 7) is 4.80. The fraction of sp³-hybridized carbons (Fsp3) is 0.368. The topological polar surface area (TPSA) is 60.5 Å². The smallest absolute Gasteiger partial charge is 0.493 e. The van der Waals surface area contributed by atoms with Crippen LogP contribution in [0.15, 0.2) is 41.0 Å². The number of ether oxygens (including phenoxy) is 2. The molecule has 1 N–H and O–H groups in total. The molecule has 1 aromatic carbocycles. The van der Waals surface area contributed by atoms with Crippen molar-refractivity contribution in [2.24, 2.45) is 5.92 Å². The highest BCUT2D eigenvalue weighted by Gasteiger charge is 2.32. The molecule has 5 nitrogen and oxygen atoms in total. The van der Waals surface area contributed by atoms with Gasteiger partial charge >= 0.3 is 6.36 Å². The standard InChI is InChI=1S/C19H20BrF3N2O3/c1-12(2)10-25-18(26)16-6-3-13(11-24-16)7-8-27-14-4-5-15(20)17(9-14)28-19(21,22)23/h3-6,9,11-12H,7-8,10H2,1-2H3,(H,25,26). The van der Waals surface area contributed by atoms with E-state index < -0.39 is 6.36 Å². The van der Waals surface area contributed by atoms with Crippen molar-refractivity contribution in [3.05, 3.63) is 52.3 Å². The van der Waals surface area contributed by atoms with Crippen molar-refractivity contribution >= 4 is 21.8 Å². The van der Waals surface area contributed by atoms with Crippen molar-refractivity contribution in [1.82, 2.24) is 10.3 Å². The molecule has 0 fully saturated rings. The summed E-state index contributed by atoms with van der Waals surface area (Å²) in [7, 11) is 0. The van der Waals surface area contributed by atoms with Crippen molar-refractivity contribution in [3.8, 4) is 11.5 Å². The van der Waals surface area contributed by atoms with Gasteiger partial charge in [0.2, 0.25) is 0 Å². The van der Waals surface area contributed by atoms with E-state index in [0.29, 0.717) is 24.6 Å². The molecule has 9 heteroatoms. The Balaban J connectivity index is 1.88. The van der Waals surface area contributed by atoms with Crippen molar-refractivity contribution < 1.29 is 27.4 Å². The van der Waals surface area contributed by atoms with Crippen LogP contribution in [0, 0.1) is 5.92 Å². The summed E-state index contributed by atoms with van der Waals surface area (Å²) in [5.41, 5.74) is 1.16. The summed E-state index contributed by atoms with van der Waals surface area (Å²) in [6.07, 6.45) is -2.73. The molecule has 0 bridgehead atoms. The highest BCUT2D eigenvalue weighted by Crippen LogP contribution is 2.33. The van der Waals surface area contributed by atoms with Gasteiger partial charge < -0.3 is 14.8 Å². The molecule has 0 saturated heterocycles. The zero-order valence-electron chi connectivity index (χ0n) is 15.3. The number of amides is 1. The first-order valence-corrected chi connectivity index (χ1v) is 9.34. The number of pyridine rings is 1. The molecule has 2 rings (SSSR count). The van der Waals surface area contributed by atoms with Crippen LogP contribution in [0.2, 0.25) is 0 Å². The first-order valence-electron chi connectivity index (χ1n) is 8.55. The summed E-state index contributed by atoms with van der Waals surface area (Å²) in [5.74, 6) is -0.00638. The van der Waals surface area contributed by atoms with Crippen molar-refractivity contribution in [2.45, 2.75) is 26.6 Å². The van der Waals surface area contributed by atoms with E-state index in [-0.39, 0.29) is 28.5 Å². The molecule has 1 heterocycles. The van der Waals surface area contributed by atoms with Crippen LogP contribution >= 0.6 is 15.9 Å². The second kappa shape index (κ2) is 9.77. The lowest BCUT2D eigenvalue weighted by Gasteiger charge is -2.12. The van der Waals surface area contributed by atoms with E-state index in [9.17, 15) is 18.0 Å². The molecule has 0 saturated carbocycles. The van der Waals surface area contributed by atoms with Crippen molar-refractivity contribution in [3.63, 3.8) is 0 Å². The third-order valence-electron chi connectivity index (χ3n) is 3.52. The van der Waals surface area contributed by atoms with E-state index in [1.165, 1.54) is 12.1 Å². The third-order valence-corrected chi connectivity index (χ3v) is 4.17. The molecule has 0 aliphatic carbocycles. The fourth-order valence-electron chi connectivity index (χ4n) is 2.16. The monoisotopic (exact) mass is 460 g/mol. The molecule has 1 amide bonds. The maximum Gasteiger partial charge on any atom is 0.573 e. The van der Waals surface area contributed by atoms with E-state index in [4.69, 9.17) is 4.74 Å². The summed E-state index contributed by atoms with van der Waals surface area (Å²) in [4.78, 5) is 16.1. The largest absolute Gasteiger partial charge is 0.573 e. The minimum atomic E-state index is -4.78. The maximum atomic E-state index is 12.4. The normalized spacial score (nSPS) is 11.4. The van der Waals surface area contributed by atoms with Gasteiger partial charge in [-0.15, -0.1) is 13.2 Å². The predicted molar refractivity (Wildman–Crippen MR) is 101 cm³/mol. The van der Waals surface area contributed by atoms with E-state index in [2.05, 4.69) is 31.0 Å². The molecule has 0 radical (unpaired) electrons. The van der Waals surface area contributed by atoms with Gasteiger partial charge in [-0.25, -0.2) is 0 Å². The van der Waals surface area contributed by atoms with E-state index >= 15 is 0 Å². The number of rotatable bonds is 8. The fourth-order valence-corrected chi connectivity index (χ4v) is 2.48. The van der Waals surface area contributed by atoms with Crippen molar-refractivity contribution in [1.29, 1.82) is 0 Å². The molecular weight excluding hydrogens is 441 g/mol. The number of nitrogens with one attached hydrogen (secondary N) is 1. The Bertz CT molecular complexity index is 796. The summed E-state index contributed by atoms with van der Waals surface area (Å²) in [6, 6.07) is 7.51. The quantitative estimate of drug-likeness (QED) is 0.617. The Morgan fingerprint density at radius 1 is 1.25 bits per heavy atom. The van der Waals surface area contributed by atoms with Crippen LogP contribution in [0.5, 0.6) is 11.5 Å². The van der Waals surface area contributed by atoms with Crippen molar-refractivity contribution in [2.75, 3.05) is 13.2 Å². The lowest BCUT2D eigenvalue weighted by atomic mass is 10.2. The summed E-state index contributed by atoms with van der Waals surface area (Å²) in [5, 5.41) is 2.79. The van der Waals surface area contributed by atoms with Crippen LogP contribution in [0.3, 0.4) is 0 Å². The molecule has 0 aliphatic heterocycles. The van der Waals surface area contributed by atoms with Gasteiger partial charge in [-0.05, 0) is 45.6 Å². The van der Waals surface area contributed by atoms with Crippen LogP contribution in [-0.2, 0) is 6.42 Å². The number of halogens is 4. The second-order valence-electron chi connectivity index (χ2n) is 6.39. The average molecular weight is 461 g/mol. The third kappa shape index (κ3) is 7.38.